The van der Waals surface area contributed by atoms with Crippen LogP contribution in [0.15, 0.2) is 200 Å². The second-order valence-corrected chi connectivity index (χ2v) is 12.9. The summed E-state index contributed by atoms with van der Waals surface area (Å²) >= 11 is 0. The molecule has 0 bridgehead atoms. The fourth-order valence-electron chi connectivity index (χ4n) is 6.89. The molecule has 7 aromatic carbocycles. The van der Waals surface area contributed by atoms with E-state index in [4.69, 9.17) is 28.2 Å². The summed E-state index contributed by atoms with van der Waals surface area (Å²) in [6.07, 6.45) is 1.73. The summed E-state index contributed by atoms with van der Waals surface area (Å²) in [5, 5.41) is -0.0231. The number of benzene rings is 7. The summed E-state index contributed by atoms with van der Waals surface area (Å²) in [5.74, 6) is 1.05. The highest BCUT2D eigenvalue weighted by atomic mass is 15.0. The van der Waals surface area contributed by atoms with Crippen LogP contribution in [0.2, 0.25) is 0 Å². The van der Waals surface area contributed by atoms with Gasteiger partial charge in [0.1, 0.15) is 0 Å². The second kappa shape index (κ2) is 13.8. The molecule has 3 heterocycles. The third-order valence-corrected chi connectivity index (χ3v) is 9.59. The molecule has 258 valence electrons. The monoisotopic (exact) mass is 711 g/mol. The summed E-state index contributed by atoms with van der Waals surface area (Å²) in [6.45, 7) is 0. The van der Waals surface area contributed by atoms with E-state index in [0.29, 0.717) is 39.9 Å². The molecule has 0 fully saturated rings. The van der Waals surface area contributed by atoms with Crippen molar-refractivity contribution in [1.29, 1.82) is 0 Å². The van der Waals surface area contributed by atoms with Crippen LogP contribution in [0.4, 0.5) is 0 Å². The largest absolute Gasteiger partial charge is 0.309 e. The van der Waals surface area contributed by atoms with Crippen molar-refractivity contribution >= 4 is 21.8 Å². The maximum atomic E-state index is 9.21. The predicted molar refractivity (Wildman–Crippen MR) is 225 cm³/mol. The summed E-state index contributed by atoms with van der Waals surface area (Å²) < 4.78 is 72.5. The Balaban J connectivity index is 1.24. The number of rotatable bonds is 7. The Bertz CT molecular complexity index is 3220. The Morgan fingerprint density at radius 1 is 0.400 bits per heavy atom. The van der Waals surface area contributed by atoms with Crippen LogP contribution >= 0.6 is 0 Å². The quantitative estimate of drug-likeness (QED) is 0.165. The highest BCUT2D eigenvalue weighted by molar-refractivity contribution is 6.09. The number of para-hydroxylation sites is 2. The molecule has 0 N–H and O–H groups in total. The Morgan fingerprint density at radius 3 is 1.47 bits per heavy atom. The van der Waals surface area contributed by atoms with Crippen LogP contribution < -0.4 is 0 Å². The Labute approximate surface area is 330 Å². The zero-order valence-electron chi connectivity index (χ0n) is 37.2. The lowest BCUT2D eigenvalue weighted by atomic mass is 10.0. The molecule has 0 saturated carbocycles. The maximum Gasteiger partial charge on any atom is 0.165 e. The van der Waals surface area contributed by atoms with Crippen LogP contribution in [0.3, 0.4) is 0 Å². The third kappa shape index (κ3) is 6.04. The lowest BCUT2D eigenvalue weighted by Gasteiger charge is -2.16. The number of hydrogen-bond donors (Lipinski definition) is 0. The first-order valence-electron chi connectivity index (χ1n) is 21.7. The number of pyridine rings is 1. The minimum Gasteiger partial charge on any atom is -0.309 e. The number of aromatic nitrogens is 5. The number of fused-ring (bicyclic) bond motifs is 3. The summed E-state index contributed by atoms with van der Waals surface area (Å²) in [4.78, 5) is 19.8. The zero-order valence-corrected chi connectivity index (χ0v) is 29.2. The van der Waals surface area contributed by atoms with E-state index in [2.05, 4.69) is 0 Å². The third-order valence-electron chi connectivity index (χ3n) is 9.59. The van der Waals surface area contributed by atoms with Gasteiger partial charge in [0.2, 0.25) is 0 Å². The fraction of sp³-hybridized carbons (Fsp3) is 0. The van der Waals surface area contributed by atoms with Crippen molar-refractivity contribution in [2.45, 2.75) is 0 Å². The molecule has 0 aliphatic heterocycles. The topological polar surface area (TPSA) is 56.5 Å². The second-order valence-electron chi connectivity index (χ2n) is 12.9. The van der Waals surface area contributed by atoms with Gasteiger partial charge >= 0.3 is 0 Å². The van der Waals surface area contributed by atoms with E-state index in [1.807, 2.05) is 140 Å². The molecule has 0 amide bonds. The van der Waals surface area contributed by atoms with Crippen molar-refractivity contribution in [2.75, 3.05) is 0 Å². The molecule has 0 aliphatic rings. The van der Waals surface area contributed by atoms with Gasteiger partial charge < -0.3 is 4.57 Å². The predicted octanol–water partition coefficient (Wildman–Crippen LogP) is 12.4. The fourth-order valence-corrected chi connectivity index (χ4v) is 6.89. The van der Waals surface area contributed by atoms with Crippen molar-refractivity contribution < 1.29 is 11.0 Å². The molecular weight excluding hydrogens is 671 g/mol. The molecule has 0 aliphatic carbocycles. The van der Waals surface area contributed by atoms with Gasteiger partial charge in [-0.3, -0.25) is 4.98 Å². The molecule has 10 rings (SSSR count). The average Bonchev–Trinajstić information content (AvgIpc) is 3.71. The van der Waals surface area contributed by atoms with Gasteiger partial charge in [0.05, 0.1) is 33.4 Å². The highest BCUT2D eigenvalue weighted by Crippen LogP contribution is 2.38. The van der Waals surface area contributed by atoms with Gasteiger partial charge in [-0.25, -0.2) is 15.0 Å². The summed E-state index contributed by atoms with van der Waals surface area (Å²) in [5.41, 5.74) is 7.54. The Morgan fingerprint density at radius 2 is 0.873 bits per heavy atom. The van der Waals surface area contributed by atoms with Gasteiger partial charge in [-0.05, 0) is 47.0 Å². The van der Waals surface area contributed by atoms with Crippen LogP contribution in [0.5, 0.6) is 0 Å². The Hall–Kier alpha value is -7.50. The van der Waals surface area contributed by atoms with Crippen molar-refractivity contribution in [3.05, 3.63) is 200 Å². The SMILES string of the molecule is [2H]c1c([2H])c([2H])c2c(c1[2H])c1c([2H])c([2H])c([2H])c([2H])c1n2-c1cc(-c2nc(-c3ccc(-c4ccccc4)cc3)nc(-c3ccc(-c4ccccc4)nc3)n2)ccc1-c1ccccc1. The molecular formula is C50H33N5. The molecule has 0 spiro atoms. The lowest BCUT2D eigenvalue weighted by molar-refractivity contribution is 1.07. The van der Waals surface area contributed by atoms with E-state index in [0.717, 1.165) is 33.5 Å². The first-order valence-corrected chi connectivity index (χ1v) is 17.7. The molecule has 5 heteroatoms. The van der Waals surface area contributed by atoms with Gasteiger partial charge in [0.25, 0.3) is 0 Å². The van der Waals surface area contributed by atoms with Crippen molar-refractivity contribution in [2.24, 2.45) is 0 Å². The molecule has 0 saturated heterocycles. The standard InChI is InChI=1S/C50H33N5/c1-4-14-34(15-5-1)35-24-26-38(27-25-35)48-52-49(54-50(53-48)40-29-31-44(51-33-40)37-18-8-3-9-19-37)39-28-30-41(36-16-6-2-7-17-36)47(32-39)55-45-22-12-10-20-42(45)43-21-11-13-23-46(43)55/h1-33H/i10D,11D,12D,13D,20D,21D,22D,23D. The van der Waals surface area contributed by atoms with Gasteiger partial charge in [-0.1, -0.05) is 164 Å². The molecule has 55 heavy (non-hydrogen) atoms. The molecule has 3 aromatic heterocycles. The van der Waals surface area contributed by atoms with Gasteiger partial charge in [0, 0.05) is 44.8 Å². The summed E-state index contributed by atoms with van der Waals surface area (Å²) in [6, 6.07) is 43.0. The van der Waals surface area contributed by atoms with E-state index < -0.39 is 48.3 Å². The van der Waals surface area contributed by atoms with E-state index in [-0.39, 0.29) is 21.8 Å². The number of hydrogen-bond acceptors (Lipinski definition) is 4. The molecule has 10 aromatic rings. The van der Waals surface area contributed by atoms with Gasteiger partial charge in [-0.15, -0.1) is 0 Å². The van der Waals surface area contributed by atoms with Crippen molar-refractivity contribution in [3.8, 4) is 73.4 Å². The zero-order chi connectivity index (χ0) is 43.5. The lowest BCUT2D eigenvalue weighted by Crippen LogP contribution is -2.02. The van der Waals surface area contributed by atoms with Crippen LogP contribution in [-0.4, -0.2) is 24.5 Å². The number of nitrogens with zero attached hydrogens (tertiary/aromatic N) is 5. The van der Waals surface area contributed by atoms with Crippen molar-refractivity contribution in [1.82, 2.24) is 24.5 Å². The minimum absolute atomic E-state index is 0.0115. The van der Waals surface area contributed by atoms with E-state index in [9.17, 15) is 2.74 Å². The van der Waals surface area contributed by atoms with Crippen LogP contribution in [0.25, 0.3) is 95.2 Å². The van der Waals surface area contributed by atoms with Gasteiger partial charge in [0.15, 0.2) is 17.5 Å². The first-order chi connectivity index (χ1) is 30.6. The molecule has 0 radical (unpaired) electrons. The van der Waals surface area contributed by atoms with E-state index >= 15 is 0 Å². The summed E-state index contributed by atoms with van der Waals surface area (Å²) in [7, 11) is 0. The minimum atomic E-state index is -0.510. The highest BCUT2D eigenvalue weighted by Gasteiger charge is 2.19. The normalized spacial score (nSPS) is 13.3. The molecule has 5 nitrogen and oxygen atoms in total. The van der Waals surface area contributed by atoms with Gasteiger partial charge in [-0.2, -0.15) is 0 Å². The smallest absolute Gasteiger partial charge is 0.165 e. The first kappa shape index (κ1) is 24.7. The molecule has 0 atom stereocenters. The van der Waals surface area contributed by atoms with Crippen molar-refractivity contribution in [3.63, 3.8) is 0 Å². The maximum absolute atomic E-state index is 9.21. The van der Waals surface area contributed by atoms with Crippen LogP contribution in [0.1, 0.15) is 11.0 Å². The van der Waals surface area contributed by atoms with Crippen LogP contribution in [-0.2, 0) is 0 Å². The average molecular weight is 712 g/mol. The van der Waals surface area contributed by atoms with E-state index in [1.165, 1.54) is 4.57 Å². The van der Waals surface area contributed by atoms with E-state index in [1.54, 1.807) is 12.3 Å². The Kier molecular flexibility index (Phi) is 6.20. The molecule has 0 unspecified atom stereocenters. The van der Waals surface area contributed by atoms with Crippen LogP contribution in [0, 0.1) is 0 Å².